The maximum Gasteiger partial charge on any atom is 0.126 e. The monoisotopic (exact) mass is 245 g/mol. The van der Waals surface area contributed by atoms with Gasteiger partial charge in [0.05, 0.1) is 14.2 Å². The molecular formula is C15H19NO2. The minimum absolute atomic E-state index is 0.677. The van der Waals surface area contributed by atoms with Crippen LogP contribution in [0.5, 0.6) is 11.5 Å². The lowest BCUT2D eigenvalue weighted by atomic mass is 9.82. The topological polar surface area (TPSA) is 21.7 Å². The van der Waals surface area contributed by atoms with Gasteiger partial charge in [0.2, 0.25) is 0 Å². The Morgan fingerprint density at radius 2 is 1.89 bits per heavy atom. The molecule has 0 spiro atoms. The van der Waals surface area contributed by atoms with Gasteiger partial charge in [0, 0.05) is 24.9 Å². The van der Waals surface area contributed by atoms with Crippen molar-refractivity contribution in [2.45, 2.75) is 12.8 Å². The predicted octanol–water partition coefficient (Wildman–Crippen LogP) is 2.77. The van der Waals surface area contributed by atoms with Gasteiger partial charge in [-0.2, -0.15) is 0 Å². The van der Waals surface area contributed by atoms with E-state index in [4.69, 9.17) is 9.47 Å². The van der Waals surface area contributed by atoms with Crippen LogP contribution in [0.15, 0.2) is 24.4 Å². The normalized spacial score (nSPS) is 18.8. The van der Waals surface area contributed by atoms with E-state index in [2.05, 4.69) is 17.2 Å². The zero-order valence-corrected chi connectivity index (χ0v) is 11.0. The highest BCUT2D eigenvalue weighted by molar-refractivity contribution is 5.74. The van der Waals surface area contributed by atoms with E-state index in [0.29, 0.717) is 5.92 Å². The third-order valence-corrected chi connectivity index (χ3v) is 4.01. The van der Waals surface area contributed by atoms with E-state index in [1.54, 1.807) is 14.2 Å². The first-order chi connectivity index (χ1) is 8.81. The number of piperidine rings is 1. The van der Waals surface area contributed by atoms with Crippen LogP contribution in [0.3, 0.4) is 0 Å². The summed E-state index contributed by atoms with van der Waals surface area (Å²) >= 11 is 0. The summed E-state index contributed by atoms with van der Waals surface area (Å²) in [5.74, 6) is 2.51. The average Bonchev–Trinajstić information content (AvgIpc) is 2.47. The van der Waals surface area contributed by atoms with Crippen LogP contribution >= 0.6 is 0 Å². The Morgan fingerprint density at radius 1 is 1.11 bits per heavy atom. The van der Waals surface area contributed by atoms with E-state index in [-0.39, 0.29) is 0 Å². The number of fused-ring (bicyclic) bond motifs is 2. The molecule has 3 aliphatic rings. The largest absolute Gasteiger partial charge is 0.497 e. The lowest BCUT2D eigenvalue weighted by Crippen LogP contribution is -2.35. The van der Waals surface area contributed by atoms with Crippen LogP contribution in [-0.2, 0) is 0 Å². The van der Waals surface area contributed by atoms with Gasteiger partial charge in [-0.1, -0.05) is 0 Å². The standard InChI is InChI=1S/C15H19NO2/c1-17-12-3-4-15(18-2)13(9-12)14-10-16-7-5-11(14)6-8-16/h3-4,9-11H,5-8H2,1-2H3. The molecule has 1 aromatic carbocycles. The molecule has 0 unspecified atom stereocenters. The highest BCUT2D eigenvalue weighted by Crippen LogP contribution is 2.41. The van der Waals surface area contributed by atoms with Gasteiger partial charge in [-0.15, -0.1) is 0 Å². The Hall–Kier alpha value is -1.64. The molecule has 0 aliphatic carbocycles. The second-order valence-corrected chi connectivity index (χ2v) is 4.96. The minimum atomic E-state index is 0.677. The number of allylic oxidation sites excluding steroid dienone is 1. The number of hydrogen-bond donors (Lipinski definition) is 0. The first kappa shape index (κ1) is 11.5. The fourth-order valence-corrected chi connectivity index (χ4v) is 2.97. The van der Waals surface area contributed by atoms with E-state index in [1.165, 1.54) is 37.1 Å². The van der Waals surface area contributed by atoms with Crippen LogP contribution in [0.25, 0.3) is 5.57 Å². The molecule has 1 saturated heterocycles. The molecule has 3 heteroatoms. The third kappa shape index (κ3) is 1.84. The van der Waals surface area contributed by atoms with Crippen LogP contribution in [0.2, 0.25) is 0 Å². The Balaban J connectivity index is 2.05. The summed E-state index contributed by atoms with van der Waals surface area (Å²) in [6, 6.07) is 6.03. The molecule has 4 rings (SSSR count). The number of benzene rings is 1. The summed E-state index contributed by atoms with van der Waals surface area (Å²) in [6.07, 6.45) is 4.81. The van der Waals surface area contributed by atoms with Gasteiger partial charge in [-0.3, -0.25) is 0 Å². The van der Waals surface area contributed by atoms with Gasteiger partial charge >= 0.3 is 0 Å². The van der Waals surface area contributed by atoms with E-state index in [0.717, 1.165) is 11.5 Å². The maximum atomic E-state index is 5.49. The molecule has 0 saturated carbocycles. The molecule has 3 heterocycles. The molecule has 2 bridgehead atoms. The summed E-state index contributed by atoms with van der Waals surface area (Å²) in [7, 11) is 3.43. The molecule has 0 radical (unpaired) electrons. The molecule has 0 N–H and O–H groups in total. The molecule has 18 heavy (non-hydrogen) atoms. The smallest absolute Gasteiger partial charge is 0.126 e. The van der Waals surface area contributed by atoms with E-state index < -0.39 is 0 Å². The Bertz CT molecular complexity index is 473. The highest BCUT2D eigenvalue weighted by atomic mass is 16.5. The van der Waals surface area contributed by atoms with Crippen molar-refractivity contribution < 1.29 is 9.47 Å². The van der Waals surface area contributed by atoms with Crippen LogP contribution in [-0.4, -0.2) is 32.2 Å². The summed E-state index contributed by atoms with van der Waals surface area (Å²) in [5.41, 5.74) is 2.59. The second-order valence-electron chi connectivity index (χ2n) is 4.96. The van der Waals surface area contributed by atoms with Crippen molar-refractivity contribution in [3.63, 3.8) is 0 Å². The van der Waals surface area contributed by atoms with Crippen LogP contribution in [0.4, 0.5) is 0 Å². The molecular weight excluding hydrogens is 226 g/mol. The van der Waals surface area contributed by atoms with Crippen molar-refractivity contribution in [1.29, 1.82) is 0 Å². The van der Waals surface area contributed by atoms with E-state index >= 15 is 0 Å². The Labute approximate surface area is 108 Å². The van der Waals surface area contributed by atoms with Crippen molar-refractivity contribution in [2.75, 3.05) is 27.3 Å². The van der Waals surface area contributed by atoms with Gasteiger partial charge < -0.3 is 14.4 Å². The first-order valence-electron chi connectivity index (χ1n) is 6.50. The Kier molecular flexibility index (Phi) is 2.90. The molecule has 3 aliphatic heterocycles. The van der Waals surface area contributed by atoms with Gasteiger partial charge in [0.15, 0.2) is 0 Å². The van der Waals surface area contributed by atoms with E-state index in [1.807, 2.05) is 12.1 Å². The molecule has 0 aromatic heterocycles. The summed E-state index contributed by atoms with van der Waals surface area (Å²) in [5, 5.41) is 0. The molecule has 96 valence electrons. The minimum Gasteiger partial charge on any atom is -0.497 e. The number of rotatable bonds is 3. The van der Waals surface area contributed by atoms with Gasteiger partial charge in [0.25, 0.3) is 0 Å². The molecule has 1 aromatic rings. The molecule has 1 fully saturated rings. The fraction of sp³-hybridized carbons (Fsp3) is 0.467. The van der Waals surface area contributed by atoms with E-state index in [9.17, 15) is 0 Å². The SMILES string of the molecule is COc1ccc(OC)c(C2=CN3CCC2CC3)c1. The summed E-state index contributed by atoms with van der Waals surface area (Å²) in [4.78, 5) is 2.41. The first-order valence-corrected chi connectivity index (χ1v) is 6.50. The summed E-state index contributed by atoms with van der Waals surface area (Å²) < 4.78 is 10.8. The number of hydrogen-bond acceptors (Lipinski definition) is 3. The predicted molar refractivity (Wildman–Crippen MR) is 71.8 cm³/mol. The molecule has 0 amide bonds. The van der Waals surface area contributed by atoms with Gasteiger partial charge in [0.1, 0.15) is 11.5 Å². The van der Waals surface area contributed by atoms with Crippen molar-refractivity contribution in [2.24, 2.45) is 5.92 Å². The van der Waals surface area contributed by atoms with Gasteiger partial charge in [-0.25, -0.2) is 0 Å². The lowest BCUT2D eigenvalue weighted by molar-refractivity contribution is 0.252. The van der Waals surface area contributed by atoms with Crippen molar-refractivity contribution in [3.8, 4) is 11.5 Å². The lowest BCUT2D eigenvalue weighted by Gasteiger charge is -2.39. The maximum absolute atomic E-state index is 5.49. The van der Waals surface area contributed by atoms with Crippen molar-refractivity contribution in [1.82, 2.24) is 4.90 Å². The molecule has 0 atom stereocenters. The Morgan fingerprint density at radius 3 is 2.44 bits per heavy atom. The zero-order valence-electron chi connectivity index (χ0n) is 11.0. The van der Waals surface area contributed by atoms with Crippen LogP contribution in [0, 0.1) is 5.92 Å². The van der Waals surface area contributed by atoms with Gasteiger partial charge in [-0.05, 0) is 42.5 Å². The second kappa shape index (κ2) is 4.56. The quantitative estimate of drug-likeness (QED) is 0.817. The zero-order chi connectivity index (χ0) is 12.5. The summed E-state index contributed by atoms with van der Waals surface area (Å²) in [6.45, 7) is 2.39. The fourth-order valence-electron chi connectivity index (χ4n) is 2.97. The van der Waals surface area contributed by atoms with Crippen molar-refractivity contribution >= 4 is 5.57 Å². The third-order valence-electron chi connectivity index (χ3n) is 4.01. The number of methoxy groups -OCH3 is 2. The number of nitrogens with zero attached hydrogens (tertiary/aromatic N) is 1. The highest BCUT2D eigenvalue weighted by Gasteiger charge is 2.29. The average molecular weight is 245 g/mol. The van der Waals surface area contributed by atoms with Crippen LogP contribution in [0.1, 0.15) is 18.4 Å². The molecule has 3 nitrogen and oxygen atoms in total. The number of ether oxygens (including phenoxy) is 2. The van der Waals surface area contributed by atoms with Crippen LogP contribution < -0.4 is 9.47 Å². The van der Waals surface area contributed by atoms with Crippen molar-refractivity contribution in [3.05, 3.63) is 30.0 Å².